The number of carboxylic acids is 1. The number of phenols is 1. The molecule has 1 saturated heterocycles. The number of aromatic hydroxyl groups is 1. The Morgan fingerprint density at radius 2 is 1.89 bits per heavy atom. The van der Waals surface area contributed by atoms with Crippen molar-refractivity contribution in [2.45, 2.75) is 23.8 Å². The van der Waals surface area contributed by atoms with Gasteiger partial charge in [-0.15, -0.1) is 0 Å². The molecule has 0 bridgehead atoms. The molecule has 1 aliphatic rings. The molecule has 0 radical (unpaired) electrons. The van der Waals surface area contributed by atoms with E-state index < -0.39 is 22.0 Å². The maximum Gasteiger partial charge on any atom is 0.322 e. The Morgan fingerprint density at radius 1 is 1.28 bits per heavy atom. The van der Waals surface area contributed by atoms with E-state index in [9.17, 15) is 13.2 Å². The smallest absolute Gasteiger partial charge is 0.322 e. The van der Waals surface area contributed by atoms with Gasteiger partial charge in [0.1, 0.15) is 11.8 Å². The van der Waals surface area contributed by atoms with Crippen LogP contribution >= 0.6 is 0 Å². The minimum atomic E-state index is -3.81. The van der Waals surface area contributed by atoms with Crippen molar-refractivity contribution >= 4 is 16.0 Å². The van der Waals surface area contributed by atoms with Gasteiger partial charge in [0.05, 0.1) is 4.90 Å². The molecule has 1 aromatic carbocycles. The SMILES string of the molecule is O=C(O)[C@@H]1CCCN1S(=O)(=O)c1ccc(O)cc1. The van der Waals surface area contributed by atoms with Crippen LogP contribution in [0.2, 0.25) is 0 Å². The topological polar surface area (TPSA) is 94.9 Å². The van der Waals surface area contributed by atoms with Crippen LogP contribution in [0.15, 0.2) is 29.2 Å². The number of rotatable bonds is 3. The summed E-state index contributed by atoms with van der Waals surface area (Å²) in [5.41, 5.74) is 0. The Balaban J connectivity index is 2.36. The van der Waals surface area contributed by atoms with Crippen LogP contribution in [-0.4, -0.2) is 41.5 Å². The summed E-state index contributed by atoms with van der Waals surface area (Å²) >= 11 is 0. The van der Waals surface area contributed by atoms with Gasteiger partial charge in [-0.3, -0.25) is 4.79 Å². The molecular weight excluding hydrogens is 258 g/mol. The summed E-state index contributed by atoms with van der Waals surface area (Å²) in [5, 5.41) is 18.1. The molecule has 0 unspecified atom stereocenters. The zero-order chi connectivity index (χ0) is 13.3. The lowest BCUT2D eigenvalue weighted by molar-refractivity contribution is -0.140. The summed E-state index contributed by atoms with van der Waals surface area (Å²) in [6, 6.07) is 4.06. The second-order valence-electron chi connectivity index (χ2n) is 4.11. The van der Waals surface area contributed by atoms with Crippen LogP contribution in [0.4, 0.5) is 0 Å². The van der Waals surface area contributed by atoms with Gasteiger partial charge in [0.25, 0.3) is 0 Å². The van der Waals surface area contributed by atoms with Gasteiger partial charge in [-0.05, 0) is 37.1 Å². The molecule has 6 nitrogen and oxygen atoms in total. The monoisotopic (exact) mass is 271 g/mol. The van der Waals surface area contributed by atoms with E-state index in [1.807, 2.05) is 0 Å². The Morgan fingerprint density at radius 3 is 2.44 bits per heavy atom. The fourth-order valence-electron chi connectivity index (χ4n) is 2.03. The number of hydrogen-bond donors (Lipinski definition) is 2. The van der Waals surface area contributed by atoms with Crippen LogP contribution in [0, 0.1) is 0 Å². The van der Waals surface area contributed by atoms with Gasteiger partial charge in [-0.25, -0.2) is 8.42 Å². The summed E-state index contributed by atoms with van der Waals surface area (Å²) in [6.45, 7) is 0.209. The molecule has 7 heteroatoms. The molecule has 1 heterocycles. The highest BCUT2D eigenvalue weighted by atomic mass is 32.2. The molecule has 1 aliphatic heterocycles. The van der Waals surface area contributed by atoms with Crippen molar-refractivity contribution in [1.82, 2.24) is 4.31 Å². The van der Waals surface area contributed by atoms with E-state index in [0.29, 0.717) is 12.8 Å². The molecule has 0 aromatic heterocycles. The van der Waals surface area contributed by atoms with Crippen LogP contribution in [0.5, 0.6) is 5.75 Å². The van der Waals surface area contributed by atoms with E-state index >= 15 is 0 Å². The average Bonchev–Trinajstić information content (AvgIpc) is 2.79. The number of phenolic OH excluding ortho intramolecular Hbond substituents is 1. The highest BCUT2D eigenvalue weighted by Crippen LogP contribution is 2.26. The lowest BCUT2D eigenvalue weighted by Gasteiger charge is -2.20. The lowest BCUT2D eigenvalue weighted by atomic mass is 10.2. The Kier molecular flexibility index (Phi) is 3.27. The maximum atomic E-state index is 12.2. The molecule has 1 atom stereocenters. The van der Waals surface area contributed by atoms with Gasteiger partial charge in [0.2, 0.25) is 10.0 Å². The predicted octanol–water partition coefficient (Wildman–Crippen LogP) is 0.630. The van der Waals surface area contributed by atoms with Crippen LogP contribution in [0.25, 0.3) is 0 Å². The van der Waals surface area contributed by atoms with Gasteiger partial charge in [-0.2, -0.15) is 4.31 Å². The van der Waals surface area contributed by atoms with Crippen LogP contribution < -0.4 is 0 Å². The van der Waals surface area contributed by atoms with Crippen molar-refractivity contribution in [3.05, 3.63) is 24.3 Å². The normalized spacial score (nSPS) is 21.0. The fourth-order valence-corrected chi connectivity index (χ4v) is 3.68. The third kappa shape index (κ3) is 2.19. The standard InChI is InChI=1S/C11H13NO5S/c13-8-3-5-9(6-4-8)18(16,17)12-7-1-2-10(12)11(14)15/h3-6,10,13H,1-2,7H2,(H,14,15)/t10-/m0/s1. The van der Waals surface area contributed by atoms with Crippen LogP contribution in [-0.2, 0) is 14.8 Å². The van der Waals surface area contributed by atoms with Gasteiger partial charge < -0.3 is 10.2 Å². The number of carboxylic acid groups (broad SMARTS) is 1. The molecule has 0 spiro atoms. The molecule has 18 heavy (non-hydrogen) atoms. The summed E-state index contributed by atoms with van der Waals surface area (Å²) < 4.78 is 25.5. The zero-order valence-electron chi connectivity index (χ0n) is 9.48. The van der Waals surface area contributed by atoms with Crippen LogP contribution in [0.3, 0.4) is 0 Å². The van der Waals surface area contributed by atoms with Gasteiger partial charge >= 0.3 is 5.97 Å². The number of carbonyl (C=O) groups is 1. The minimum absolute atomic E-state index is 0.00606. The van der Waals surface area contributed by atoms with Crippen molar-refractivity contribution in [3.63, 3.8) is 0 Å². The molecule has 1 fully saturated rings. The molecule has 0 saturated carbocycles. The third-order valence-corrected chi connectivity index (χ3v) is 4.85. The molecular formula is C11H13NO5S. The third-order valence-electron chi connectivity index (χ3n) is 2.93. The molecule has 2 rings (SSSR count). The van der Waals surface area contributed by atoms with Crippen molar-refractivity contribution in [3.8, 4) is 5.75 Å². The second-order valence-corrected chi connectivity index (χ2v) is 6.00. The highest BCUT2D eigenvalue weighted by Gasteiger charge is 2.39. The first-order valence-electron chi connectivity index (χ1n) is 5.46. The van der Waals surface area contributed by atoms with Gasteiger partial charge in [0.15, 0.2) is 0 Å². The molecule has 2 N–H and O–H groups in total. The van der Waals surface area contributed by atoms with E-state index in [4.69, 9.17) is 10.2 Å². The predicted molar refractivity (Wildman–Crippen MR) is 62.7 cm³/mol. The average molecular weight is 271 g/mol. The number of nitrogens with zero attached hydrogens (tertiary/aromatic N) is 1. The first-order chi connectivity index (χ1) is 8.43. The second kappa shape index (κ2) is 4.58. The number of benzene rings is 1. The summed E-state index contributed by atoms with van der Waals surface area (Å²) in [7, 11) is -3.81. The molecule has 1 aromatic rings. The lowest BCUT2D eigenvalue weighted by Crippen LogP contribution is -2.40. The molecule has 98 valence electrons. The molecule has 0 amide bonds. The van der Waals surface area contributed by atoms with E-state index in [-0.39, 0.29) is 17.2 Å². The van der Waals surface area contributed by atoms with E-state index in [1.54, 1.807) is 0 Å². The quantitative estimate of drug-likeness (QED) is 0.840. The number of sulfonamides is 1. The largest absolute Gasteiger partial charge is 0.508 e. The minimum Gasteiger partial charge on any atom is -0.508 e. The highest BCUT2D eigenvalue weighted by molar-refractivity contribution is 7.89. The van der Waals surface area contributed by atoms with E-state index in [0.717, 1.165) is 4.31 Å². The number of aliphatic carboxylic acids is 1. The summed E-state index contributed by atoms with van der Waals surface area (Å²) in [4.78, 5) is 11.0. The fraction of sp³-hybridized carbons (Fsp3) is 0.364. The Hall–Kier alpha value is -1.60. The van der Waals surface area contributed by atoms with Crippen molar-refractivity contribution in [2.24, 2.45) is 0 Å². The van der Waals surface area contributed by atoms with Gasteiger partial charge in [0, 0.05) is 6.54 Å². The maximum absolute atomic E-state index is 12.2. The zero-order valence-corrected chi connectivity index (χ0v) is 10.3. The van der Waals surface area contributed by atoms with E-state index in [2.05, 4.69) is 0 Å². The Labute approximate surface area is 105 Å². The van der Waals surface area contributed by atoms with Gasteiger partial charge in [-0.1, -0.05) is 0 Å². The molecule has 0 aliphatic carbocycles. The number of hydrogen-bond acceptors (Lipinski definition) is 4. The van der Waals surface area contributed by atoms with Crippen molar-refractivity contribution in [2.75, 3.05) is 6.54 Å². The summed E-state index contributed by atoms with van der Waals surface area (Å²) in [6.07, 6.45) is 0.862. The first kappa shape index (κ1) is 12.8. The first-order valence-corrected chi connectivity index (χ1v) is 6.90. The summed E-state index contributed by atoms with van der Waals surface area (Å²) in [5.74, 6) is -1.17. The van der Waals surface area contributed by atoms with E-state index in [1.165, 1.54) is 24.3 Å². The Bertz CT molecular complexity index is 551. The van der Waals surface area contributed by atoms with Crippen molar-refractivity contribution < 1.29 is 23.4 Å². The van der Waals surface area contributed by atoms with Crippen LogP contribution in [0.1, 0.15) is 12.8 Å². The van der Waals surface area contributed by atoms with Crippen molar-refractivity contribution in [1.29, 1.82) is 0 Å².